The normalized spacial score (nSPS) is 10.9. The predicted octanol–water partition coefficient (Wildman–Crippen LogP) is 3.59. The number of aromatic hydroxyl groups is 1. The van der Waals surface area contributed by atoms with Crippen molar-refractivity contribution in [3.63, 3.8) is 0 Å². The second-order valence-electron chi connectivity index (χ2n) is 6.33. The molecule has 0 saturated carbocycles. The zero-order valence-electron chi connectivity index (χ0n) is 14.6. The van der Waals surface area contributed by atoms with Crippen molar-refractivity contribution in [3.05, 3.63) is 88.3 Å². The van der Waals surface area contributed by atoms with Gasteiger partial charge in [-0.25, -0.2) is 0 Å². The lowest BCUT2D eigenvalue weighted by atomic mass is 10.2. The molecular weight excluding hydrogens is 342 g/mol. The molecule has 2 heterocycles. The van der Waals surface area contributed by atoms with Gasteiger partial charge < -0.3 is 15.4 Å². The maximum Gasteiger partial charge on any atom is 0.272 e. The van der Waals surface area contributed by atoms with E-state index in [2.05, 4.69) is 10.3 Å². The monoisotopic (exact) mass is 359 g/mol. The largest absolute Gasteiger partial charge is 0.508 e. The Morgan fingerprint density at radius 3 is 2.56 bits per heavy atom. The number of pyridine rings is 1. The molecule has 0 radical (unpaired) electrons. The van der Waals surface area contributed by atoms with Gasteiger partial charge in [0.15, 0.2) is 0 Å². The molecule has 0 bridgehead atoms. The number of nitrogens with one attached hydrogen (secondary N) is 2. The number of aromatic nitrogens is 2. The molecule has 1 amide bonds. The van der Waals surface area contributed by atoms with E-state index in [9.17, 15) is 14.7 Å². The van der Waals surface area contributed by atoms with Gasteiger partial charge in [0.05, 0.1) is 5.69 Å². The Bertz CT molecular complexity index is 1200. The first-order chi connectivity index (χ1) is 13.0. The first-order valence-corrected chi connectivity index (χ1v) is 8.43. The molecule has 4 rings (SSSR count). The minimum absolute atomic E-state index is 0.115. The number of hydrogen-bond acceptors (Lipinski definition) is 3. The lowest BCUT2D eigenvalue weighted by Gasteiger charge is -2.07. The molecule has 0 aliphatic heterocycles. The number of fused-ring (bicyclic) bond motifs is 1. The zero-order valence-corrected chi connectivity index (χ0v) is 14.6. The SMILES string of the molecule is Cc1cccc(NC(=O)c2cc3ccc(=O)n(-c4ccc(O)cc4)c3[nH]2)c1. The number of H-pyrrole nitrogens is 1. The van der Waals surface area contributed by atoms with Crippen LogP contribution in [-0.2, 0) is 0 Å². The first kappa shape index (κ1) is 16.7. The Balaban J connectivity index is 1.76. The Morgan fingerprint density at radius 1 is 1.04 bits per heavy atom. The van der Waals surface area contributed by atoms with Crippen LogP contribution in [0.25, 0.3) is 16.7 Å². The van der Waals surface area contributed by atoms with E-state index >= 15 is 0 Å². The van der Waals surface area contributed by atoms with Crippen LogP contribution in [-0.4, -0.2) is 20.6 Å². The number of benzene rings is 2. The van der Waals surface area contributed by atoms with Crippen molar-refractivity contribution in [1.82, 2.24) is 9.55 Å². The summed E-state index contributed by atoms with van der Waals surface area (Å²) in [6, 6.07) is 18.7. The van der Waals surface area contributed by atoms with Gasteiger partial charge in [0.2, 0.25) is 0 Å². The summed E-state index contributed by atoms with van der Waals surface area (Å²) in [6.07, 6.45) is 0. The summed E-state index contributed by atoms with van der Waals surface area (Å²) < 4.78 is 1.47. The number of aryl methyl sites for hydroxylation is 1. The maximum atomic E-state index is 12.6. The van der Waals surface area contributed by atoms with Crippen molar-refractivity contribution >= 4 is 22.6 Å². The summed E-state index contributed by atoms with van der Waals surface area (Å²) in [5.41, 5.74) is 2.98. The molecule has 4 aromatic rings. The highest BCUT2D eigenvalue weighted by molar-refractivity contribution is 6.05. The molecule has 27 heavy (non-hydrogen) atoms. The van der Waals surface area contributed by atoms with Crippen LogP contribution in [0.4, 0.5) is 5.69 Å². The van der Waals surface area contributed by atoms with Crippen LogP contribution in [0.2, 0.25) is 0 Å². The van der Waals surface area contributed by atoms with E-state index in [1.165, 1.54) is 22.8 Å². The quantitative estimate of drug-likeness (QED) is 0.522. The van der Waals surface area contributed by atoms with Crippen molar-refractivity contribution in [2.24, 2.45) is 0 Å². The fraction of sp³-hybridized carbons (Fsp3) is 0.0476. The highest BCUT2D eigenvalue weighted by atomic mass is 16.3. The summed E-state index contributed by atoms with van der Waals surface area (Å²) in [7, 11) is 0. The van der Waals surface area contributed by atoms with Crippen molar-refractivity contribution in [3.8, 4) is 11.4 Å². The van der Waals surface area contributed by atoms with Crippen LogP contribution in [0.3, 0.4) is 0 Å². The molecule has 0 aliphatic carbocycles. The van der Waals surface area contributed by atoms with Crippen LogP contribution in [0.15, 0.2) is 71.5 Å². The Hall–Kier alpha value is -3.80. The number of phenolic OH excluding ortho intramolecular Hbond substituents is 1. The van der Waals surface area contributed by atoms with Crippen molar-refractivity contribution in [2.45, 2.75) is 6.92 Å². The maximum absolute atomic E-state index is 12.6. The fourth-order valence-corrected chi connectivity index (χ4v) is 3.02. The van der Waals surface area contributed by atoms with Gasteiger partial charge >= 0.3 is 0 Å². The number of nitrogens with zero attached hydrogens (tertiary/aromatic N) is 1. The van der Waals surface area contributed by atoms with E-state index in [0.29, 0.717) is 22.7 Å². The number of amides is 1. The van der Waals surface area contributed by atoms with E-state index < -0.39 is 0 Å². The number of carbonyl (C=O) groups is 1. The van der Waals surface area contributed by atoms with Gasteiger partial charge in [0.25, 0.3) is 11.5 Å². The molecule has 0 aliphatic rings. The molecule has 0 fully saturated rings. The second kappa shape index (κ2) is 6.49. The molecule has 2 aromatic carbocycles. The number of rotatable bonds is 3. The van der Waals surface area contributed by atoms with Crippen LogP contribution < -0.4 is 10.9 Å². The third-order valence-electron chi connectivity index (χ3n) is 4.30. The van der Waals surface area contributed by atoms with Crippen molar-refractivity contribution < 1.29 is 9.90 Å². The minimum Gasteiger partial charge on any atom is -0.508 e. The minimum atomic E-state index is -0.290. The zero-order chi connectivity index (χ0) is 19.0. The predicted molar refractivity (Wildman–Crippen MR) is 105 cm³/mol. The van der Waals surface area contributed by atoms with Gasteiger partial charge in [-0.2, -0.15) is 0 Å². The molecule has 6 heteroatoms. The van der Waals surface area contributed by atoms with E-state index in [1.54, 1.807) is 24.3 Å². The number of hydrogen-bond donors (Lipinski definition) is 3. The summed E-state index contributed by atoms with van der Waals surface area (Å²) >= 11 is 0. The molecular formula is C21H17N3O3. The lowest BCUT2D eigenvalue weighted by Crippen LogP contribution is -2.17. The topological polar surface area (TPSA) is 87.1 Å². The van der Waals surface area contributed by atoms with E-state index in [0.717, 1.165) is 10.9 Å². The van der Waals surface area contributed by atoms with Crippen molar-refractivity contribution in [2.75, 3.05) is 5.32 Å². The molecule has 0 atom stereocenters. The van der Waals surface area contributed by atoms with Crippen LogP contribution >= 0.6 is 0 Å². The highest BCUT2D eigenvalue weighted by Crippen LogP contribution is 2.20. The third kappa shape index (κ3) is 3.20. The van der Waals surface area contributed by atoms with Crippen LogP contribution in [0, 0.1) is 6.92 Å². The molecule has 0 unspecified atom stereocenters. The van der Waals surface area contributed by atoms with Gasteiger partial charge in [-0.3, -0.25) is 14.2 Å². The van der Waals surface area contributed by atoms with Gasteiger partial charge in [0, 0.05) is 17.1 Å². The lowest BCUT2D eigenvalue weighted by molar-refractivity contribution is 0.102. The van der Waals surface area contributed by atoms with E-state index in [-0.39, 0.29) is 17.2 Å². The van der Waals surface area contributed by atoms with Gasteiger partial charge in [-0.15, -0.1) is 0 Å². The summed E-state index contributed by atoms with van der Waals surface area (Å²) in [6.45, 7) is 1.95. The Morgan fingerprint density at radius 2 is 1.81 bits per heavy atom. The molecule has 0 spiro atoms. The molecule has 3 N–H and O–H groups in total. The summed E-state index contributed by atoms with van der Waals surface area (Å²) in [5, 5.41) is 13.1. The molecule has 2 aromatic heterocycles. The highest BCUT2D eigenvalue weighted by Gasteiger charge is 2.14. The number of anilines is 1. The number of aromatic amines is 1. The Kier molecular flexibility index (Phi) is 4.01. The smallest absolute Gasteiger partial charge is 0.272 e. The molecule has 6 nitrogen and oxygen atoms in total. The number of phenols is 1. The fourth-order valence-electron chi connectivity index (χ4n) is 3.02. The molecule has 0 saturated heterocycles. The summed E-state index contributed by atoms with van der Waals surface area (Å²) in [4.78, 5) is 28.1. The standard InChI is InChI=1S/C21H17N3O3/c1-13-3-2-4-15(11-13)22-21(27)18-12-14-5-10-19(26)24(20(14)23-18)16-6-8-17(25)9-7-16/h2-12,23,25H,1H3,(H,22,27). The van der Waals surface area contributed by atoms with Gasteiger partial charge in [-0.05, 0) is 61.0 Å². The van der Waals surface area contributed by atoms with Crippen molar-refractivity contribution in [1.29, 1.82) is 0 Å². The Labute approximate surface area is 154 Å². The molecule has 134 valence electrons. The van der Waals surface area contributed by atoms with E-state index in [4.69, 9.17) is 0 Å². The average molecular weight is 359 g/mol. The van der Waals surface area contributed by atoms with E-state index in [1.807, 2.05) is 31.2 Å². The van der Waals surface area contributed by atoms with Crippen LogP contribution in [0.1, 0.15) is 16.1 Å². The first-order valence-electron chi connectivity index (χ1n) is 8.43. The van der Waals surface area contributed by atoms with Gasteiger partial charge in [-0.1, -0.05) is 12.1 Å². The number of carbonyl (C=O) groups excluding carboxylic acids is 1. The second-order valence-corrected chi connectivity index (χ2v) is 6.33. The van der Waals surface area contributed by atoms with Gasteiger partial charge in [0.1, 0.15) is 17.1 Å². The average Bonchev–Trinajstić information content (AvgIpc) is 3.07. The third-order valence-corrected chi connectivity index (χ3v) is 4.30. The van der Waals surface area contributed by atoms with Crippen LogP contribution in [0.5, 0.6) is 5.75 Å². The summed E-state index contributed by atoms with van der Waals surface area (Å²) in [5.74, 6) is -0.176.